The lowest BCUT2D eigenvalue weighted by Gasteiger charge is -2.47. The molecule has 3 aliphatic heterocycles. The molecule has 0 aliphatic carbocycles. The molecule has 0 radical (unpaired) electrons. The maximum Gasteiger partial charge on any atom is 0.238 e. The van der Waals surface area contributed by atoms with Crippen molar-refractivity contribution in [1.82, 2.24) is 10.2 Å². The summed E-state index contributed by atoms with van der Waals surface area (Å²) in [4.78, 5) is 30.3. The quantitative estimate of drug-likeness (QED) is 0.305. The fraction of sp³-hybridized carbons (Fsp3) is 0.371. The highest BCUT2D eigenvalue weighted by Gasteiger charge is 2.61. The van der Waals surface area contributed by atoms with Crippen LogP contribution >= 0.6 is 23.2 Å². The van der Waals surface area contributed by atoms with Gasteiger partial charge in [0.05, 0.1) is 11.8 Å². The Balaban J connectivity index is 1.39. The Hall–Kier alpha value is -3.55. The summed E-state index contributed by atoms with van der Waals surface area (Å²) in [5.41, 5.74) is 2.01. The Bertz CT molecular complexity index is 1830. The van der Waals surface area contributed by atoms with Crippen LogP contribution in [0.2, 0.25) is 10.0 Å². The molecule has 3 aromatic rings. The summed E-state index contributed by atoms with van der Waals surface area (Å²) in [6.07, 6.45) is 9.14. The summed E-state index contributed by atoms with van der Waals surface area (Å²) in [5, 5.41) is 7.21. The molecule has 2 amide bonds. The number of hydrogen-bond acceptors (Lipinski definition) is 6. The van der Waals surface area contributed by atoms with Crippen LogP contribution in [0.1, 0.15) is 59.9 Å². The summed E-state index contributed by atoms with van der Waals surface area (Å²) < 4.78 is 29.8. The highest BCUT2D eigenvalue weighted by molar-refractivity contribution is 7.90. The molecular weight excluding hydrogens is 645 g/mol. The smallest absolute Gasteiger partial charge is 0.238 e. The van der Waals surface area contributed by atoms with Crippen LogP contribution in [0.15, 0.2) is 60.7 Å². The lowest BCUT2D eigenvalue weighted by atomic mass is 9.59. The van der Waals surface area contributed by atoms with Gasteiger partial charge < -0.3 is 20.3 Å². The highest BCUT2D eigenvalue weighted by Crippen LogP contribution is 2.58. The first kappa shape index (κ1) is 32.4. The zero-order valence-electron chi connectivity index (χ0n) is 25.4. The third-order valence-corrected chi connectivity index (χ3v) is 10.8. The molecule has 0 saturated carbocycles. The van der Waals surface area contributed by atoms with Crippen molar-refractivity contribution in [3.63, 3.8) is 0 Å². The maximum absolute atomic E-state index is 14.5. The van der Waals surface area contributed by atoms with E-state index in [1.165, 1.54) is 6.26 Å². The number of halogens is 2. The summed E-state index contributed by atoms with van der Waals surface area (Å²) in [6.45, 7) is 2.25. The van der Waals surface area contributed by atoms with Gasteiger partial charge in [0.2, 0.25) is 11.8 Å². The summed E-state index contributed by atoms with van der Waals surface area (Å²) >= 11 is 12.8. The van der Waals surface area contributed by atoms with Gasteiger partial charge in [-0.2, -0.15) is 0 Å². The van der Waals surface area contributed by atoms with E-state index in [9.17, 15) is 18.0 Å². The monoisotopic (exact) mass is 679 g/mol. The molecule has 2 saturated heterocycles. The van der Waals surface area contributed by atoms with E-state index in [0.717, 1.165) is 37.1 Å². The molecule has 11 heteroatoms. The van der Waals surface area contributed by atoms with Gasteiger partial charge in [0.25, 0.3) is 0 Å². The number of rotatable bonds is 8. The van der Waals surface area contributed by atoms with E-state index >= 15 is 0 Å². The lowest BCUT2D eigenvalue weighted by molar-refractivity contribution is -0.131. The average molecular weight is 681 g/mol. The Labute approximate surface area is 279 Å². The molecule has 3 aliphatic rings. The number of anilines is 1. The number of ether oxygens (including phenoxy) is 1. The molecule has 0 aromatic heterocycles. The molecule has 3 unspecified atom stereocenters. The van der Waals surface area contributed by atoms with E-state index in [0.29, 0.717) is 45.6 Å². The first-order valence-corrected chi connectivity index (χ1v) is 18.1. The highest BCUT2D eigenvalue weighted by atomic mass is 35.5. The largest absolute Gasteiger partial charge is 0.490 e. The van der Waals surface area contributed by atoms with Crippen LogP contribution < -0.4 is 15.4 Å². The molecule has 3 heterocycles. The first-order valence-electron chi connectivity index (χ1n) is 15.3. The van der Waals surface area contributed by atoms with Crippen molar-refractivity contribution >= 4 is 50.5 Å². The van der Waals surface area contributed by atoms with E-state index in [4.69, 9.17) is 34.4 Å². The van der Waals surface area contributed by atoms with Crippen molar-refractivity contribution in [2.75, 3.05) is 37.0 Å². The van der Waals surface area contributed by atoms with E-state index in [1.807, 2.05) is 36.4 Å². The van der Waals surface area contributed by atoms with Crippen molar-refractivity contribution in [3.8, 4) is 18.1 Å². The summed E-state index contributed by atoms with van der Waals surface area (Å²) in [7, 11) is -3.00. The van der Waals surface area contributed by atoms with Gasteiger partial charge in [0.15, 0.2) is 0 Å². The van der Waals surface area contributed by atoms with Crippen molar-refractivity contribution in [3.05, 3.63) is 93.0 Å². The van der Waals surface area contributed by atoms with Gasteiger partial charge >= 0.3 is 0 Å². The minimum Gasteiger partial charge on any atom is -0.490 e. The lowest BCUT2D eigenvalue weighted by Crippen LogP contribution is -2.57. The maximum atomic E-state index is 14.5. The number of amides is 2. The molecule has 0 bridgehead atoms. The molecule has 240 valence electrons. The number of carbonyl (C=O) groups excluding carboxylic acids is 2. The molecular formula is C35H35Cl2N3O5S. The third kappa shape index (κ3) is 6.37. The number of nitrogens with one attached hydrogen (secondary N) is 2. The molecule has 6 rings (SSSR count). The minimum atomic E-state index is -3.00. The second-order valence-corrected chi connectivity index (χ2v) is 15.5. The summed E-state index contributed by atoms with van der Waals surface area (Å²) in [6, 6.07) is 17.2. The molecule has 8 nitrogen and oxygen atoms in total. The minimum absolute atomic E-state index is 0.0646. The van der Waals surface area contributed by atoms with E-state index in [1.54, 1.807) is 24.3 Å². The van der Waals surface area contributed by atoms with Gasteiger partial charge in [-0.05, 0) is 79.4 Å². The Morgan fingerprint density at radius 3 is 2.52 bits per heavy atom. The van der Waals surface area contributed by atoms with Crippen LogP contribution in [0.4, 0.5) is 5.69 Å². The topological polar surface area (TPSA) is 105 Å². The van der Waals surface area contributed by atoms with Gasteiger partial charge in [-0.15, -0.1) is 6.42 Å². The molecule has 3 aromatic carbocycles. The predicted molar refractivity (Wildman–Crippen MR) is 180 cm³/mol. The number of terminal acetylenes is 1. The fourth-order valence-electron chi connectivity index (χ4n) is 7.22. The average Bonchev–Trinajstić information content (AvgIpc) is 3.29. The van der Waals surface area contributed by atoms with Crippen LogP contribution in [0.3, 0.4) is 0 Å². The van der Waals surface area contributed by atoms with Crippen LogP contribution in [0.25, 0.3) is 0 Å². The van der Waals surface area contributed by atoms with E-state index in [-0.39, 0.29) is 30.1 Å². The number of piperidine rings is 2. The molecule has 1 spiro atoms. The van der Waals surface area contributed by atoms with E-state index < -0.39 is 27.2 Å². The third-order valence-electron chi connectivity index (χ3n) is 9.31. The number of nitrogens with zero attached hydrogens (tertiary/aromatic N) is 1. The van der Waals surface area contributed by atoms with Crippen LogP contribution in [0, 0.1) is 12.3 Å². The van der Waals surface area contributed by atoms with Crippen molar-refractivity contribution in [1.29, 1.82) is 0 Å². The Morgan fingerprint density at radius 1 is 1.04 bits per heavy atom. The normalized spacial score (nSPS) is 23.4. The van der Waals surface area contributed by atoms with Gasteiger partial charge in [-0.3, -0.25) is 9.59 Å². The van der Waals surface area contributed by atoms with Gasteiger partial charge in [0.1, 0.15) is 27.1 Å². The van der Waals surface area contributed by atoms with Crippen molar-refractivity contribution in [2.45, 2.75) is 49.2 Å². The van der Waals surface area contributed by atoms with Crippen molar-refractivity contribution in [2.24, 2.45) is 0 Å². The Kier molecular flexibility index (Phi) is 9.10. The molecule has 2 fully saturated rings. The van der Waals surface area contributed by atoms with Crippen LogP contribution in [0.5, 0.6) is 5.75 Å². The number of hydrogen-bond donors (Lipinski definition) is 2. The first-order chi connectivity index (χ1) is 22.0. The summed E-state index contributed by atoms with van der Waals surface area (Å²) in [5.74, 6) is 2.37. The zero-order valence-corrected chi connectivity index (χ0v) is 27.7. The zero-order chi connectivity index (χ0) is 32.6. The molecule has 46 heavy (non-hydrogen) atoms. The van der Waals surface area contributed by atoms with Crippen molar-refractivity contribution < 1.29 is 22.7 Å². The number of benzene rings is 3. The molecule has 3 atom stereocenters. The van der Waals surface area contributed by atoms with Gasteiger partial charge in [0, 0.05) is 58.5 Å². The Morgan fingerprint density at radius 2 is 1.80 bits per heavy atom. The number of fused-ring (bicyclic) bond motifs is 2. The second-order valence-electron chi connectivity index (χ2n) is 12.4. The number of likely N-dealkylation sites (tertiary alicyclic amines) is 1. The predicted octanol–water partition coefficient (Wildman–Crippen LogP) is 5.49. The fourth-order valence-corrected chi connectivity index (χ4v) is 8.25. The van der Waals surface area contributed by atoms with Crippen LogP contribution in [-0.2, 0) is 24.8 Å². The van der Waals surface area contributed by atoms with Crippen LogP contribution in [-0.4, -0.2) is 62.9 Å². The van der Waals surface area contributed by atoms with E-state index in [2.05, 4.69) is 21.5 Å². The second kappa shape index (κ2) is 12.9. The number of carbonyl (C=O) groups is 2. The number of sulfone groups is 1. The van der Waals surface area contributed by atoms with Gasteiger partial charge in [-0.25, -0.2) is 8.42 Å². The van der Waals surface area contributed by atoms with Gasteiger partial charge in [-0.1, -0.05) is 47.3 Å². The SMILES string of the molecule is C#Cc1ccc(OC2CCN(CCCS(C)(=O)=O)CC2)c(C2NC(=O)CC(c3cccc(Cl)c3)C23C(=O)Nc2cc(Cl)ccc23)c1. The molecule has 2 N–H and O–H groups in total. The standard InChI is InChI=1S/C35H35Cl2N3O5S/c1-3-22-8-11-31(45-26-12-15-40(16-13-26)14-5-17-46(2,43)44)27(18-22)33-35(28-10-9-25(37)20-30(28)38-34(35)42)29(21-32(41)39-33)23-6-4-7-24(36)19-23/h1,4,6-11,18-20,26,29,33H,5,12-17,21H2,2H3,(H,38,42)(H,39,41).